The smallest absolute Gasteiger partial charge is 0.416 e. The highest BCUT2D eigenvalue weighted by Crippen LogP contribution is 2.30. The van der Waals surface area contributed by atoms with Gasteiger partial charge in [0.2, 0.25) is 0 Å². The van der Waals surface area contributed by atoms with Crippen molar-refractivity contribution < 1.29 is 32.2 Å². The minimum atomic E-state index is -4.37. The molecule has 0 bridgehead atoms. The Kier molecular flexibility index (Phi) is 7.86. The van der Waals surface area contributed by atoms with E-state index in [2.05, 4.69) is 0 Å². The number of carbonyl (C=O) groups excluding carboxylic acids is 1. The fraction of sp³-hybridized carbons (Fsp3) is 0.650. The van der Waals surface area contributed by atoms with Gasteiger partial charge in [-0.1, -0.05) is 26.0 Å². The molecule has 4 atom stereocenters. The van der Waals surface area contributed by atoms with Crippen LogP contribution in [0.1, 0.15) is 31.9 Å². The number of esters is 1. The van der Waals surface area contributed by atoms with Gasteiger partial charge < -0.3 is 19.9 Å². The van der Waals surface area contributed by atoms with Gasteiger partial charge in [0.05, 0.1) is 24.9 Å². The molecule has 4 unspecified atom stereocenters. The van der Waals surface area contributed by atoms with E-state index in [1.54, 1.807) is 6.92 Å². The van der Waals surface area contributed by atoms with Crippen molar-refractivity contribution in [1.29, 1.82) is 0 Å². The third-order valence-corrected chi connectivity index (χ3v) is 4.56. The van der Waals surface area contributed by atoms with Gasteiger partial charge in [0.15, 0.2) is 0 Å². The molecule has 0 aliphatic carbocycles. The first-order valence-electron chi connectivity index (χ1n) is 9.39. The first-order chi connectivity index (χ1) is 13.1. The van der Waals surface area contributed by atoms with Gasteiger partial charge >= 0.3 is 12.1 Å². The number of nitrogens with two attached hydrogens (primary N) is 1. The van der Waals surface area contributed by atoms with Crippen molar-refractivity contribution in [3.63, 3.8) is 0 Å². The normalized spacial score (nSPS) is 27.1. The maximum absolute atomic E-state index is 12.8. The van der Waals surface area contributed by atoms with Gasteiger partial charge in [0.25, 0.3) is 0 Å². The van der Waals surface area contributed by atoms with Crippen LogP contribution in [0.15, 0.2) is 24.3 Å². The van der Waals surface area contributed by atoms with Crippen molar-refractivity contribution in [2.45, 2.75) is 51.6 Å². The number of cyclic esters (lactones) is 1. The predicted octanol–water partition coefficient (Wildman–Crippen LogP) is 3.19. The number of alkyl halides is 3. The summed E-state index contributed by atoms with van der Waals surface area (Å²) in [6.07, 6.45) is -4.96. The van der Waals surface area contributed by atoms with E-state index in [0.717, 1.165) is 17.7 Å². The molecule has 1 aliphatic rings. The molecule has 2 rings (SSSR count). The SMILES string of the molecule is CC(C)COC1C(Cc2ccc(C(F)(F)F)cc2)COCC(N)C(=O)OC1C. The topological polar surface area (TPSA) is 70.8 Å². The molecule has 1 heterocycles. The predicted molar refractivity (Wildman–Crippen MR) is 97.6 cm³/mol. The minimum Gasteiger partial charge on any atom is -0.459 e. The molecule has 1 fully saturated rings. The average molecular weight is 403 g/mol. The van der Waals surface area contributed by atoms with E-state index in [1.165, 1.54) is 12.1 Å². The highest BCUT2D eigenvalue weighted by atomic mass is 19.4. The number of halogens is 3. The molecular formula is C20H28F3NO4. The minimum absolute atomic E-state index is 0.0198. The van der Waals surface area contributed by atoms with Crippen LogP contribution in [-0.2, 0) is 31.6 Å². The second-order valence-electron chi connectivity index (χ2n) is 7.64. The van der Waals surface area contributed by atoms with Crippen LogP contribution in [0, 0.1) is 11.8 Å². The van der Waals surface area contributed by atoms with E-state index in [0.29, 0.717) is 13.0 Å². The summed E-state index contributed by atoms with van der Waals surface area (Å²) >= 11 is 0. The average Bonchev–Trinajstić information content (AvgIpc) is 2.64. The lowest BCUT2D eigenvalue weighted by atomic mass is 9.91. The molecular weight excluding hydrogens is 375 g/mol. The molecule has 0 amide bonds. The molecule has 1 aromatic carbocycles. The van der Waals surface area contributed by atoms with E-state index in [-0.39, 0.29) is 25.0 Å². The molecule has 1 saturated heterocycles. The maximum Gasteiger partial charge on any atom is 0.416 e. The Morgan fingerprint density at radius 2 is 1.86 bits per heavy atom. The van der Waals surface area contributed by atoms with Crippen LogP contribution in [0.5, 0.6) is 0 Å². The van der Waals surface area contributed by atoms with Crippen LogP contribution >= 0.6 is 0 Å². The van der Waals surface area contributed by atoms with E-state index in [1.807, 2.05) is 13.8 Å². The molecule has 1 aromatic rings. The lowest BCUT2D eigenvalue weighted by Gasteiger charge is -2.31. The maximum atomic E-state index is 12.8. The monoisotopic (exact) mass is 403 g/mol. The van der Waals surface area contributed by atoms with Crippen LogP contribution in [-0.4, -0.2) is 44.0 Å². The third kappa shape index (κ3) is 6.46. The number of hydrogen-bond acceptors (Lipinski definition) is 5. The molecule has 8 heteroatoms. The number of benzene rings is 1. The molecule has 0 spiro atoms. The number of ether oxygens (including phenoxy) is 3. The van der Waals surface area contributed by atoms with Gasteiger partial charge in [-0.25, -0.2) is 0 Å². The van der Waals surface area contributed by atoms with Gasteiger partial charge in [-0.05, 0) is 37.0 Å². The molecule has 0 aromatic heterocycles. The van der Waals surface area contributed by atoms with Gasteiger partial charge in [0, 0.05) is 12.5 Å². The Bertz CT molecular complexity index is 633. The summed E-state index contributed by atoms with van der Waals surface area (Å²) in [7, 11) is 0. The summed E-state index contributed by atoms with van der Waals surface area (Å²) in [6.45, 7) is 6.49. The van der Waals surface area contributed by atoms with Crippen LogP contribution in [0.4, 0.5) is 13.2 Å². The van der Waals surface area contributed by atoms with E-state index in [4.69, 9.17) is 19.9 Å². The van der Waals surface area contributed by atoms with Crippen LogP contribution in [0.25, 0.3) is 0 Å². The standard InChI is InChI=1S/C20H28F3NO4/c1-12(2)9-27-18-13(3)28-19(25)17(24)11-26-10-15(18)8-14-4-6-16(7-5-14)20(21,22)23/h4-7,12-13,15,17-18H,8-11,24H2,1-3H3. The Morgan fingerprint density at radius 1 is 1.21 bits per heavy atom. The first-order valence-corrected chi connectivity index (χ1v) is 9.39. The molecule has 0 saturated carbocycles. The lowest BCUT2D eigenvalue weighted by molar-refractivity contribution is -0.160. The zero-order valence-corrected chi connectivity index (χ0v) is 16.4. The summed E-state index contributed by atoms with van der Waals surface area (Å²) < 4.78 is 55.4. The van der Waals surface area contributed by atoms with Crippen LogP contribution < -0.4 is 5.73 Å². The second-order valence-corrected chi connectivity index (χ2v) is 7.64. The molecule has 28 heavy (non-hydrogen) atoms. The summed E-state index contributed by atoms with van der Waals surface area (Å²) in [5.41, 5.74) is 5.79. The Hall–Kier alpha value is -1.64. The fourth-order valence-corrected chi connectivity index (χ4v) is 3.11. The lowest BCUT2D eigenvalue weighted by Crippen LogP contribution is -2.42. The third-order valence-electron chi connectivity index (χ3n) is 4.56. The Balaban J connectivity index is 2.20. The van der Waals surface area contributed by atoms with E-state index >= 15 is 0 Å². The Morgan fingerprint density at radius 3 is 2.43 bits per heavy atom. The van der Waals surface area contributed by atoms with Gasteiger partial charge in [0.1, 0.15) is 12.1 Å². The largest absolute Gasteiger partial charge is 0.459 e. The van der Waals surface area contributed by atoms with E-state index in [9.17, 15) is 18.0 Å². The van der Waals surface area contributed by atoms with Crippen LogP contribution in [0.2, 0.25) is 0 Å². The molecule has 2 N–H and O–H groups in total. The van der Waals surface area contributed by atoms with Crippen molar-refractivity contribution in [3.05, 3.63) is 35.4 Å². The quantitative estimate of drug-likeness (QED) is 0.765. The van der Waals surface area contributed by atoms with Gasteiger partial charge in [-0.3, -0.25) is 4.79 Å². The summed E-state index contributed by atoms with van der Waals surface area (Å²) in [5, 5.41) is 0. The summed E-state index contributed by atoms with van der Waals surface area (Å²) in [4.78, 5) is 12.0. The van der Waals surface area contributed by atoms with E-state index < -0.39 is 36.0 Å². The summed E-state index contributed by atoms with van der Waals surface area (Å²) in [6, 6.07) is 4.16. The fourth-order valence-electron chi connectivity index (χ4n) is 3.11. The Labute approximate surface area is 163 Å². The van der Waals surface area contributed by atoms with Crippen molar-refractivity contribution in [1.82, 2.24) is 0 Å². The summed E-state index contributed by atoms with van der Waals surface area (Å²) in [5.74, 6) is -0.491. The highest BCUT2D eigenvalue weighted by molar-refractivity contribution is 5.75. The molecule has 5 nitrogen and oxygen atoms in total. The van der Waals surface area contributed by atoms with Gasteiger partial charge in [-0.2, -0.15) is 13.2 Å². The second kappa shape index (κ2) is 9.71. The molecule has 1 aliphatic heterocycles. The zero-order valence-electron chi connectivity index (χ0n) is 16.4. The number of carbonyl (C=O) groups is 1. The van der Waals surface area contributed by atoms with Crippen molar-refractivity contribution in [3.8, 4) is 0 Å². The number of hydrogen-bond donors (Lipinski definition) is 1. The van der Waals surface area contributed by atoms with Crippen molar-refractivity contribution in [2.75, 3.05) is 19.8 Å². The van der Waals surface area contributed by atoms with Crippen molar-refractivity contribution in [2.24, 2.45) is 17.6 Å². The molecule has 158 valence electrons. The van der Waals surface area contributed by atoms with Crippen LogP contribution in [0.3, 0.4) is 0 Å². The van der Waals surface area contributed by atoms with Crippen molar-refractivity contribution >= 4 is 5.97 Å². The number of rotatable bonds is 5. The zero-order chi connectivity index (χ0) is 20.9. The molecule has 0 radical (unpaired) electrons. The highest BCUT2D eigenvalue weighted by Gasteiger charge is 2.34. The van der Waals surface area contributed by atoms with Gasteiger partial charge in [-0.15, -0.1) is 0 Å². The first kappa shape index (κ1) is 22.6.